The van der Waals surface area contributed by atoms with Gasteiger partial charge in [-0.3, -0.25) is 4.79 Å². The van der Waals surface area contributed by atoms with Crippen LogP contribution in [0, 0.1) is 5.92 Å². The number of fused-ring (bicyclic) bond motifs is 1. The van der Waals surface area contributed by atoms with Crippen LogP contribution in [0.3, 0.4) is 0 Å². The second-order valence-corrected chi connectivity index (χ2v) is 7.60. The zero-order chi connectivity index (χ0) is 17.7. The Kier molecular flexibility index (Phi) is 5.75. The van der Waals surface area contributed by atoms with E-state index >= 15 is 0 Å². The van der Waals surface area contributed by atoms with Crippen LogP contribution in [0.25, 0.3) is 10.8 Å². The van der Waals surface area contributed by atoms with E-state index in [-0.39, 0.29) is 16.7 Å². The summed E-state index contributed by atoms with van der Waals surface area (Å²) in [5.74, 6) is -0.556. The van der Waals surface area contributed by atoms with Gasteiger partial charge in [-0.1, -0.05) is 50.3 Å². The molecular formula is C18H22N2O3S. The number of amides is 1. The molecule has 0 aliphatic heterocycles. The van der Waals surface area contributed by atoms with E-state index in [4.69, 9.17) is 0 Å². The van der Waals surface area contributed by atoms with Crippen molar-refractivity contribution in [3.8, 4) is 0 Å². The maximum atomic E-state index is 12.7. The summed E-state index contributed by atoms with van der Waals surface area (Å²) in [6.07, 6.45) is 1.55. The van der Waals surface area contributed by atoms with E-state index in [1.165, 1.54) is 0 Å². The smallest absolute Gasteiger partial charge is 0.241 e. The minimum atomic E-state index is -3.80. The molecule has 2 N–H and O–H groups in total. The fourth-order valence-corrected chi connectivity index (χ4v) is 3.72. The van der Waals surface area contributed by atoms with Crippen molar-refractivity contribution in [1.82, 2.24) is 10.0 Å². The molecule has 0 heterocycles. The number of hydrogen-bond acceptors (Lipinski definition) is 3. The predicted molar refractivity (Wildman–Crippen MR) is 96.1 cm³/mol. The van der Waals surface area contributed by atoms with Crippen LogP contribution < -0.4 is 10.0 Å². The minimum absolute atomic E-state index is 0.142. The Morgan fingerprint density at radius 2 is 1.83 bits per heavy atom. The van der Waals surface area contributed by atoms with E-state index in [2.05, 4.69) is 16.6 Å². The van der Waals surface area contributed by atoms with Gasteiger partial charge in [0, 0.05) is 6.54 Å². The summed E-state index contributed by atoms with van der Waals surface area (Å²) in [5, 5.41) is 4.42. The van der Waals surface area contributed by atoms with Crippen LogP contribution in [0.15, 0.2) is 60.0 Å². The summed E-state index contributed by atoms with van der Waals surface area (Å²) in [6, 6.07) is 11.6. The Bertz CT molecular complexity index is 844. The van der Waals surface area contributed by atoms with Crippen molar-refractivity contribution in [2.45, 2.75) is 24.8 Å². The topological polar surface area (TPSA) is 75.3 Å². The third-order valence-electron chi connectivity index (χ3n) is 3.68. The summed E-state index contributed by atoms with van der Waals surface area (Å²) < 4.78 is 27.8. The van der Waals surface area contributed by atoms with Crippen LogP contribution in [0.5, 0.6) is 0 Å². The van der Waals surface area contributed by atoms with Gasteiger partial charge in [0.15, 0.2) is 0 Å². The number of sulfonamides is 1. The highest BCUT2D eigenvalue weighted by Gasteiger charge is 2.28. The predicted octanol–water partition coefficient (Wildman–Crippen LogP) is 2.44. The number of carbonyl (C=O) groups excluding carboxylic acids is 1. The number of nitrogens with one attached hydrogen (secondary N) is 2. The molecule has 0 radical (unpaired) electrons. The molecule has 0 aromatic heterocycles. The third kappa shape index (κ3) is 4.21. The number of carbonyl (C=O) groups is 1. The van der Waals surface area contributed by atoms with Gasteiger partial charge >= 0.3 is 0 Å². The molecule has 5 nitrogen and oxygen atoms in total. The first-order chi connectivity index (χ1) is 11.3. The van der Waals surface area contributed by atoms with Crippen molar-refractivity contribution in [3.05, 3.63) is 55.1 Å². The molecule has 0 bridgehead atoms. The molecule has 0 aliphatic carbocycles. The van der Waals surface area contributed by atoms with Gasteiger partial charge in [-0.25, -0.2) is 8.42 Å². The minimum Gasteiger partial charge on any atom is -0.351 e. The molecule has 2 aromatic rings. The van der Waals surface area contributed by atoms with Crippen molar-refractivity contribution < 1.29 is 13.2 Å². The van der Waals surface area contributed by atoms with Gasteiger partial charge in [-0.05, 0) is 28.8 Å². The Balaban J connectivity index is 2.29. The zero-order valence-corrected chi connectivity index (χ0v) is 14.6. The van der Waals surface area contributed by atoms with E-state index in [0.717, 1.165) is 10.8 Å². The molecule has 0 fully saturated rings. The second-order valence-electron chi connectivity index (χ2n) is 5.89. The largest absolute Gasteiger partial charge is 0.351 e. The molecule has 128 valence electrons. The molecule has 24 heavy (non-hydrogen) atoms. The molecule has 1 unspecified atom stereocenters. The van der Waals surface area contributed by atoms with E-state index in [9.17, 15) is 13.2 Å². The van der Waals surface area contributed by atoms with Gasteiger partial charge in [0.2, 0.25) is 15.9 Å². The monoisotopic (exact) mass is 346 g/mol. The molecule has 0 saturated heterocycles. The molecule has 0 spiro atoms. The summed E-state index contributed by atoms with van der Waals surface area (Å²) in [7, 11) is -3.80. The van der Waals surface area contributed by atoms with E-state index in [0.29, 0.717) is 6.54 Å². The van der Waals surface area contributed by atoms with Gasteiger partial charge in [0.25, 0.3) is 0 Å². The van der Waals surface area contributed by atoms with Crippen LogP contribution >= 0.6 is 0 Å². The summed E-state index contributed by atoms with van der Waals surface area (Å²) in [5.41, 5.74) is 0. The van der Waals surface area contributed by atoms with Crippen molar-refractivity contribution in [2.75, 3.05) is 6.54 Å². The average Bonchev–Trinajstić information content (AvgIpc) is 2.56. The number of rotatable bonds is 7. The second kappa shape index (κ2) is 7.59. The number of benzene rings is 2. The summed E-state index contributed by atoms with van der Waals surface area (Å²) >= 11 is 0. The number of hydrogen-bond donors (Lipinski definition) is 2. The SMILES string of the molecule is C=CCNC(=O)C(NS(=O)(=O)c1ccc2ccccc2c1)C(C)C. The Labute approximate surface area is 142 Å². The molecule has 2 rings (SSSR count). The average molecular weight is 346 g/mol. The first-order valence-electron chi connectivity index (χ1n) is 7.75. The molecule has 0 saturated carbocycles. The highest BCUT2D eigenvalue weighted by molar-refractivity contribution is 7.89. The van der Waals surface area contributed by atoms with Crippen molar-refractivity contribution in [3.63, 3.8) is 0 Å². The lowest BCUT2D eigenvalue weighted by molar-refractivity contribution is -0.123. The molecule has 1 amide bonds. The standard InChI is InChI=1S/C18H22N2O3S/c1-4-11-19-18(21)17(13(2)3)20-24(22,23)16-10-9-14-7-5-6-8-15(14)12-16/h4-10,12-13,17,20H,1,11H2,2-3H3,(H,19,21). The normalized spacial score (nSPS) is 13.0. The highest BCUT2D eigenvalue weighted by atomic mass is 32.2. The van der Waals surface area contributed by atoms with Crippen LogP contribution in [-0.2, 0) is 14.8 Å². The van der Waals surface area contributed by atoms with Crippen LogP contribution in [0.4, 0.5) is 0 Å². The molecule has 2 aromatic carbocycles. The Morgan fingerprint density at radius 3 is 2.46 bits per heavy atom. The van der Waals surface area contributed by atoms with Crippen molar-refractivity contribution in [1.29, 1.82) is 0 Å². The van der Waals surface area contributed by atoms with Crippen LogP contribution in [0.1, 0.15) is 13.8 Å². The van der Waals surface area contributed by atoms with Crippen molar-refractivity contribution >= 4 is 26.7 Å². The van der Waals surface area contributed by atoms with Gasteiger partial charge in [0.1, 0.15) is 6.04 Å². The first kappa shape index (κ1) is 18.2. The Morgan fingerprint density at radius 1 is 1.17 bits per heavy atom. The lowest BCUT2D eigenvalue weighted by Gasteiger charge is -2.21. The van der Waals surface area contributed by atoms with Gasteiger partial charge in [-0.15, -0.1) is 6.58 Å². The zero-order valence-electron chi connectivity index (χ0n) is 13.8. The van der Waals surface area contributed by atoms with Gasteiger partial charge in [-0.2, -0.15) is 4.72 Å². The lowest BCUT2D eigenvalue weighted by Crippen LogP contribution is -2.49. The maximum absolute atomic E-state index is 12.7. The molecule has 1 atom stereocenters. The van der Waals surface area contributed by atoms with Gasteiger partial charge < -0.3 is 5.32 Å². The van der Waals surface area contributed by atoms with Gasteiger partial charge in [0.05, 0.1) is 4.90 Å². The highest BCUT2D eigenvalue weighted by Crippen LogP contribution is 2.19. The quantitative estimate of drug-likeness (QED) is 0.756. The molecule has 6 heteroatoms. The van der Waals surface area contributed by atoms with E-state index in [1.807, 2.05) is 24.3 Å². The summed E-state index contributed by atoms with van der Waals surface area (Å²) in [4.78, 5) is 12.3. The van der Waals surface area contributed by atoms with E-state index in [1.54, 1.807) is 38.1 Å². The van der Waals surface area contributed by atoms with Crippen LogP contribution in [0.2, 0.25) is 0 Å². The molecular weight excluding hydrogens is 324 g/mol. The molecule has 0 aliphatic rings. The summed E-state index contributed by atoms with van der Waals surface area (Å²) in [6.45, 7) is 7.41. The van der Waals surface area contributed by atoms with E-state index < -0.39 is 16.1 Å². The Hall–Kier alpha value is -2.18. The lowest BCUT2D eigenvalue weighted by atomic mass is 10.1. The fourth-order valence-electron chi connectivity index (χ4n) is 2.34. The third-order valence-corrected chi connectivity index (χ3v) is 5.12. The maximum Gasteiger partial charge on any atom is 0.241 e. The fraction of sp³-hybridized carbons (Fsp3) is 0.278. The van der Waals surface area contributed by atoms with Crippen molar-refractivity contribution in [2.24, 2.45) is 5.92 Å². The van der Waals surface area contributed by atoms with Crippen LogP contribution in [-0.4, -0.2) is 26.9 Å². The first-order valence-corrected chi connectivity index (χ1v) is 9.23.